The number of hydrogen-bond donors (Lipinski definition) is 1. The highest BCUT2D eigenvalue weighted by Crippen LogP contribution is 2.23. The Morgan fingerprint density at radius 2 is 2.08 bits per heavy atom. The van der Waals surface area contributed by atoms with Crippen LogP contribution in [0.15, 0.2) is 0 Å². The summed E-state index contributed by atoms with van der Waals surface area (Å²) in [6.07, 6.45) is 1.88. The molecule has 0 saturated carbocycles. The van der Waals surface area contributed by atoms with Crippen molar-refractivity contribution in [1.82, 2.24) is 4.90 Å². The van der Waals surface area contributed by atoms with Crippen LogP contribution in [0.1, 0.15) is 19.8 Å². The molecular weight excluding hydrogens is 186 g/mol. The SMILES string of the molecule is COC(=O)N1CCC(C(C)S)CC1. The van der Waals surface area contributed by atoms with Crippen molar-refractivity contribution in [2.75, 3.05) is 20.2 Å². The van der Waals surface area contributed by atoms with E-state index >= 15 is 0 Å². The molecule has 0 radical (unpaired) electrons. The second kappa shape index (κ2) is 4.74. The fraction of sp³-hybridized carbons (Fsp3) is 0.889. The molecule has 0 spiro atoms. The highest BCUT2D eigenvalue weighted by molar-refractivity contribution is 7.80. The molecular formula is C9H17NO2S. The van der Waals surface area contributed by atoms with Crippen LogP contribution in [0.5, 0.6) is 0 Å². The molecule has 0 bridgehead atoms. The third kappa shape index (κ3) is 2.79. The van der Waals surface area contributed by atoms with E-state index in [0.717, 1.165) is 25.9 Å². The van der Waals surface area contributed by atoms with Crippen LogP contribution in [0.3, 0.4) is 0 Å². The van der Waals surface area contributed by atoms with Crippen molar-refractivity contribution in [2.45, 2.75) is 25.0 Å². The smallest absolute Gasteiger partial charge is 0.409 e. The number of amides is 1. The van der Waals surface area contributed by atoms with Crippen molar-refractivity contribution in [3.63, 3.8) is 0 Å². The normalized spacial score (nSPS) is 21.3. The van der Waals surface area contributed by atoms with Crippen LogP contribution in [0.2, 0.25) is 0 Å². The molecule has 1 amide bonds. The van der Waals surface area contributed by atoms with Gasteiger partial charge in [-0.2, -0.15) is 12.6 Å². The highest BCUT2D eigenvalue weighted by atomic mass is 32.1. The monoisotopic (exact) mass is 203 g/mol. The molecule has 1 saturated heterocycles. The minimum absolute atomic E-state index is 0.203. The number of piperidine rings is 1. The van der Waals surface area contributed by atoms with Gasteiger partial charge >= 0.3 is 6.09 Å². The van der Waals surface area contributed by atoms with Crippen molar-refractivity contribution < 1.29 is 9.53 Å². The lowest BCUT2D eigenvalue weighted by molar-refractivity contribution is 0.106. The topological polar surface area (TPSA) is 29.5 Å². The molecule has 4 heteroatoms. The van der Waals surface area contributed by atoms with Crippen molar-refractivity contribution in [3.8, 4) is 0 Å². The Kier molecular flexibility index (Phi) is 3.90. The summed E-state index contributed by atoms with van der Waals surface area (Å²) in [6.45, 7) is 3.73. The van der Waals surface area contributed by atoms with Crippen LogP contribution >= 0.6 is 12.6 Å². The summed E-state index contributed by atoms with van der Waals surface area (Å²) in [5.74, 6) is 0.643. The molecule has 1 heterocycles. The number of carbonyl (C=O) groups excluding carboxylic acids is 1. The minimum Gasteiger partial charge on any atom is -0.453 e. The number of rotatable bonds is 1. The van der Waals surface area contributed by atoms with Crippen molar-refractivity contribution in [3.05, 3.63) is 0 Å². The summed E-state index contributed by atoms with van der Waals surface area (Å²) >= 11 is 4.41. The molecule has 0 aromatic carbocycles. The van der Waals surface area contributed by atoms with Gasteiger partial charge in [-0.05, 0) is 18.8 Å². The predicted molar refractivity (Wildman–Crippen MR) is 55.2 cm³/mol. The van der Waals surface area contributed by atoms with E-state index in [2.05, 4.69) is 24.3 Å². The second-order valence-electron chi connectivity index (χ2n) is 3.54. The number of methoxy groups -OCH3 is 1. The zero-order valence-electron chi connectivity index (χ0n) is 8.19. The van der Waals surface area contributed by atoms with E-state index in [1.54, 1.807) is 4.90 Å². The maximum absolute atomic E-state index is 11.1. The Morgan fingerprint density at radius 3 is 2.46 bits per heavy atom. The highest BCUT2D eigenvalue weighted by Gasteiger charge is 2.24. The lowest BCUT2D eigenvalue weighted by atomic mass is 9.94. The molecule has 13 heavy (non-hydrogen) atoms. The van der Waals surface area contributed by atoms with Crippen LogP contribution in [-0.2, 0) is 4.74 Å². The van der Waals surface area contributed by atoms with Crippen LogP contribution < -0.4 is 0 Å². The second-order valence-corrected chi connectivity index (χ2v) is 4.35. The Morgan fingerprint density at radius 1 is 1.54 bits per heavy atom. The van der Waals surface area contributed by atoms with Crippen molar-refractivity contribution in [2.24, 2.45) is 5.92 Å². The van der Waals surface area contributed by atoms with E-state index in [-0.39, 0.29) is 6.09 Å². The first kappa shape index (κ1) is 10.7. The third-order valence-corrected chi connectivity index (χ3v) is 3.08. The Labute approximate surface area is 84.8 Å². The van der Waals surface area contributed by atoms with Crippen LogP contribution in [0, 0.1) is 5.92 Å². The predicted octanol–water partition coefficient (Wildman–Crippen LogP) is 1.78. The first-order valence-electron chi connectivity index (χ1n) is 4.66. The lowest BCUT2D eigenvalue weighted by Gasteiger charge is -2.32. The average molecular weight is 203 g/mol. The van der Waals surface area contributed by atoms with Gasteiger partial charge in [0.05, 0.1) is 7.11 Å². The van der Waals surface area contributed by atoms with Crippen LogP contribution in [-0.4, -0.2) is 36.4 Å². The minimum atomic E-state index is -0.203. The molecule has 1 fully saturated rings. The van der Waals surface area contributed by atoms with Gasteiger partial charge in [0.1, 0.15) is 0 Å². The number of nitrogens with zero attached hydrogens (tertiary/aromatic N) is 1. The van der Waals surface area contributed by atoms with Crippen molar-refractivity contribution in [1.29, 1.82) is 0 Å². The lowest BCUT2D eigenvalue weighted by Crippen LogP contribution is -2.39. The molecule has 76 valence electrons. The molecule has 3 nitrogen and oxygen atoms in total. The van der Waals surface area contributed by atoms with E-state index in [9.17, 15) is 4.79 Å². The summed E-state index contributed by atoms with van der Waals surface area (Å²) in [5.41, 5.74) is 0. The van der Waals surface area contributed by atoms with Crippen LogP contribution in [0.4, 0.5) is 4.79 Å². The van der Waals surface area contributed by atoms with Gasteiger partial charge in [0, 0.05) is 18.3 Å². The van der Waals surface area contributed by atoms with Gasteiger partial charge < -0.3 is 9.64 Å². The molecule has 0 aromatic heterocycles. The summed E-state index contributed by atoms with van der Waals surface area (Å²) in [4.78, 5) is 12.9. The molecule has 0 aromatic rings. The number of ether oxygens (including phenoxy) is 1. The zero-order chi connectivity index (χ0) is 9.84. The van der Waals surface area contributed by atoms with Crippen molar-refractivity contribution >= 4 is 18.7 Å². The summed E-state index contributed by atoms with van der Waals surface area (Å²) in [7, 11) is 1.43. The fourth-order valence-corrected chi connectivity index (χ4v) is 1.99. The Bertz CT molecular complexity index is 176. The first-order chi connectivity index (χ1) is 6.15. The van der Waals surface area contributed by atoms with E-state index in [1.165, 1.54) is 7.11 Å². The maximum atomic E-state index is 11.1. The summed E-state index contributed by atoms with van der Waals surface area (Å²) < 4.78 is 4.65. The molecule has 0 N–H and O–H groups in total. The van der Waals surface area contributed by atoms with Gasteiger partial charge in [0.2, 0.25) is 0 Å². The Hall–Kier alpha value is -0.380. The van der Waals surface area contributed by atoms with Gasteiger partial charge in [-0.25, -0.2) is 4.79 Å². The Balaban J connectivity index is 2.34. The molecule has 1 atom stereocenters. The fourth-order valence-electron chi connectivity index (χ4n) is 1.69. The molecule has 1 aliphatic heterocycles. The third-order valence-electron chi connectivity index (χ3n) is 2.65. The van der Waals surface area contributed by atoms with E-state index in [0.29, 0.717) is 11.2 Å². The standard InChI is InChI=1S/C9H17NO2S/c1-7(13)8-3-5-10(6-4-8)9(11)12-2/h7-8,13H,3-6H2,1-2H3. The molecule has 1 unspecified atom stereocenters. The number of carbonyl (C=O) groups is 1. The van der Waals surface area contributed by atoms with Gasteiger partial charge in [-0.15, -0.1) is 0 Å². The maximum Gasteiger partial charge on any atom is 0.409 e. The van der Waals surface area contributed by atoms with E-state index < -0.39 is 0 Å². The van der Waals surface area contributed by atoms with Crippen LogP contribution in [0.25, 0.3) is 0 Å². The molecule has 1 aliphatic rings. The quantitative estimate of drug-likeness (QED) is 0.658. The van der Waals surface area contributed by atoms with E-state index in [1.807, 2.05) is 0 Å². The number of hydrogen-bond acceptors (Lipinski definition) is 3. The largest absolute Gasteiger partial charge is 0.453 e. The number of thiol groups is 1. The summed E-state index contributed by atoms with van der Waals surface area (Å²) in [5, 5.41) is 0.430. The number of likely N-dealkylation sites (tertiary alicyclic amines) is 1. The van der Waals surface area contributed by atoms with Gasteiger partial charge in [-0.3, -0.25) is 0 Å². The summed E-state index contributed by atoms with van der Waals surface area (Å²) in [6, 6.07) is 0. The average Bonchev–Trinajstić information content (AvgIpc) is 2.17. The van der Waals surface area contributed by atoms with Gasteiger partial charge in [0.25, 0.3) is 0 Å². The zero-order valence-corrected chi connectivity index (χ0v) is 9.09. The van der Waals surface area contributed by atoms with Gasteiger partial charge in [-0.1, -0.05) is 6.92 Å². The molecule has 0 aliphatic carbocycles. The van der Waals surface area contributed by atoms with E-state index in [4.69, 9.17) is 0 Å². The molecule has 1 rings (SSSR count). The van der Waals surface area contributed by atoms with Gasteiger partial charge in [0.15, 0.2) is 0 Å². The first-order valence-corrected chi connectivity index (χ1v) is 5.17.